The van der Waals surface area contributed by atoms with Gasteiger partial charge in [0.15, 0.2) is 0 Å². The summed E-state index contributed by atoms with van der Waals surface area (Å²) in [7, 11) is -1.17. The van der Waals surface area contributed by atoms with Gasteiger partial charge in [-0.15, -0.1) is 0 Å². The molecule has 94 valence electrons. The molecule has 6 heteroatoms. The van der Waals surface area contributed by atoms with Crippen LogP contribution >= 0.6 is 7.52 Å². The molecule has 16 heavy (non-hydrogen) atoms. The lowest BCUT2D eigenvalue weighted by molar-refractivity contribution is -0.135. The molecule has 1 saturated heterocycles. The second-order valence-electron chi connectivity index (χ2n) is 4.42. The van der Waals surface area contributed by atoms with Crippen LogP contribution < -0.4 is 0 Å². The third kappa shape index (κ3) is 3.06. The number of carbonyl (C=O) groups excluding carboxylic acids is 1. The molecule has 0 aliphatic carbocycles. The van der Waals surface area contributed by atoms with Gasteiger partial charge in [-0.3, -0.25) is 9.36 Å². The predicted octanol–water partition coefficient (Wildman–Crippen LogP) is 1.26. The fraction of sp³-hybridized carbons (Fsp3) is 0.900. The molecular weight excluding hydrogens is 227 g/mol. The van der Waals surface area contributed by atoms with Crippen LogP contribution in [0.15, 0.2) is 0 Å². The van der Waals surface area contributed by atoms with Crippen molar-refractivity contribution in [1.29, 1.82) is 0 Å². The molecule has 1 aliphatic heterocycles. The molecule has 1 aliphatic rings. The molecule has 0 aromatic heterocycles. The lowest BCUT2D eigenvalue weighted by Gasteiger charge is -2.37. The normalized spacial score (nSPS) is 22.2. The monoisotopic (exact) mass is 248 g/mol. The van der Waals surface area contributed by atoms with Crippen LogP contribution in [0.1, 0.15) is 13.8 Å². The second kappa shape index (κ2) is 5.30. The first-order chi connectivity index (χ1) is 7.38. The molecule has 1 amide bonds. The van der Waals surface area contributed by atoms with Gasteiger partial charge in [-0.05, 0) is 0 Å². The standard InChI is InChI=1S/C10H21N2O3P/c1-9(2)10(13)11-5-7-12(8-6-11)16(4,14)15-3/h9H,5-8H2,1-4H3. The third-order valence-electron chi connectivity index (χ3n) is 2.91. The van der Waals surface area contributed by atoms with Gasteiger partial charge in [0.1, 0.15) is 0 Å². The maximum atomic E-state index is 11.9. The van der Waals surface area contributed by atoms with E-state index in [1.54, 1.807) is 6.66 Å². The highest BCUT2D eigenvalue weighted by atomic mass is 31.2. The first kappa shape index (κ1) is 13.7. The number of hydrogen-bond donors (Lipinski definition) is 0. The minimum atomic E-state index is -2.63. The van der Waals surface area contributed by atoms with Gasteiger partial charge < -0.3 is 9.42 Å². The largest absolute Gasteiger partial charge is 0.340 e. The summed E-state index contributed by atoms with van der Waals surface area (Å²) in [5.74, 6) is 0.199. The SMILES string of the molecule is COP(C)(=O)N1CCN(C(=O)C(C)C)CC1. The maximum absolute atomic E-state index is 11.9. The van der Waals surface area contributed by atoms with Crippen molar-refractivity contribution in [3.8, 4) is 0 Å². The van der Waals surface area contributed by atoms with Crippen molar-refractivity contribution < 1.29 is 13.9 Å². The molecular formula is C10H21N2O3P. The molecule has 0 spiro atoms. The summed E-state index contributed by atoms with van der Waals surface area (Å²) >= 11 is 0. The number of nitrogens with zero attached hydrogens (tertiary/aromatic N) is 2. The van der Waals surface area contributed by atoms with E-state index in [2.05, 4.69) is 0 Å². The highest BCUT2D eigenvalue weighted by molar-refractivity contribution is 7.55. The molecule has 1 heterocycles. The zero-order valence-electron chi connectivity index (χ0n) is 10.5. The van der Waals surface area contributed by atoms with E-state index in [4.69, 9.17) is 4.52 Å². The summed E-state index contributed by atoms with van der Waals surface area (Å²) in [6, 6.07) is 0. The zero-order valence-corrected chi connectivity index (χ0v) is 11.4. The maximum Gasteiger partial charge on any atom is 0.269 e. The van der Waals surface area contributed by atoms with Crippen LogP contribution in [-0.2, 0) is 13.9 Å². The molecule has 1 atom stereocenters. The van der Waals surface area contributed by atoms with E-state index in [0.29, 0.717) is 26.2 Å². The first-order valence-corrected chi connectivity index (χ1v) is 7.58. The predicted molar refractivity (Wildman–Crippen MR) is 63.5 cm³/mol. The number of amides is 1. The zero-order chi connectivity index (χ0) is 12.3. The highest BCUT2D eigenvalue weighted by Crippen LogP contribution is 2.46. The summed E-state index contributed by atoms with van der Waals surface area (Å²) in [4.78, 5) is 13.6. The Kier molecular flexibility index (Phi) is 4.53. The van der Waals surface area contributed by atoms with E-state index >= 15 is 0 Å². The smallest absolute Gasteiger partial charge is 0.269 e. The van der Waals surface area contributed by atoms with Crippen LogP contribution in [0.3, 0.4) is 0 Å². The Morgan fingerprint density at radius 2 is 1.75 bits per heavy atom. The lowest BCUT2D eigenvalue weighted by Crippen LogP contribution is -2.48. The van der Waals surface area contributed by atoms with E-state index < -0.39 is 7.52 Å². The quantitative estimate of drug-likeness (QED) is 0.705. The van der Waals surface area contributed by atoms with E-state index in [-0.39, 0.29) is 11.8 Å². The Balaban J connectivity index is 2.52. The van der Waals surface area contributed by atoms with Crippen molar-refractivity contribution in [2.24, 2.45) is 5.92 Å². The molecule has 0 aromatic carbocycles. The van der Waals surface area contributed by atoms with Crippen molar-refractivity contribution in [1.82, 2.24) is 9.57 Å². The summed E-state index contributed by atoms with van der Waals surface area (Å²) in [5, 5.41) is 0. The molecule has 0 saturated carbocycles. The average molecular weight is 248 g/mol. The van der Waals surface area contributed by atoms with Crippen LogP contribution in [-0.4, -0.2) is 55.4 Å². The Morgan fingerprint density at radius 3 is 2.12 bits per heavy atom. The van der Waals surface area contributed by atoms with Crippen molar-refractivity contribution in [3.05, 3.63) is 0 Å². The van der Waals surface area contributed by atoms with Crippen molar-refractivity contribution >= 4 is 13.4 Å². The first-order valence-electron chi connectivity index (χ1n) is 5.56. The highest BCUT2D eigenvalue weighted by Gasteiger charge is 2.30. The average Bonchev–Trinajstić information content (AvgIpc) is 2.28. The fourth-order valence-electron chi connectivity index (χ4n) is 1.76. The van der Waals surface area contributed by atoms with Crippen LogP contribution in [0.25, 0.3) is 0 Å². The van der Waals surface area contributed by atoms with Crippen molar-refractivity contribution in [2.45, 2.75) is 13.8 Å². The summed E-state index contributed by atoms with van der Waals surface area (Å²) < 4.78 is 18.8. The minimum absolute atomic E-state index is 0.0300. The number of carbonyl (C=O) groups is 1. The van der Waals surface area contributed by atoms with E-state index in [1.807, 2.05) is 23.4 Å². The molecule has 1 fully saturated rings. The molecule has 0 bridgehead atoms. The fourth-order valence-corrected chi connectivity index (χ4v) is 2.90. The van der Waals surface area contributed by atoms with Crippen LogP contribution in [0.2, 0.25) is 0 Å². The molecule has 1 rings (SSSR count). The van der Waals surface area contributed by atoms with Gasteiger partial charge in [0, 0.05) is 45.9 Å². The van der Waals surface area contributed by atoms with E-state index in [0.717, 1.165) is 0 Å². The second-order valence-corrected chi connectivity index (χ2v) is 6.96. The van der Waals surface area contributed by atoms with Crippen molar-refractivity contribution in [3.63, 3.8) is 0 Å². The lowest BCUT2D eigenvalue weighted by atomic mass is 10.2. The number of piperazine rings is 1. The molecule has 0 radical (unpaired) electrons. The molecule has 1 unspecified atom stereocenters. The summed E-state index contributed by atoms with van der Waals surface area (Å²) in [5.41, 5.74) is 0. The van der Waals surface area contributed by atoms with Gasteiger partial charge in [0.2, 0.25) is 5.91 Å². The molecule has 0 N–H and O–H groups in total. The third-order valence-corrected chi connectivity index (χ3v) is 5.02. The van der Waals surface area contributed by atoms with Gasteiger partial charge >= 0.3 is 0 Å². The van der Waals surface area contributed by atoms with Gasteiger partial charge in [-0.1, -0.05) is 13.8 Å². The van der Waals surface area contributed by atoms with Gasteiger partial charge in [0.25, 0.3) is 7.52 Å². The van der Waals surface area contributed by atoms with Crippen LogP contribution in [0.4, 0.5) is 0 Å². The Labute approximate surface area is 97.2 Å². The summed E-state index contributed by atoms with van der Waals surface area (Å²) in [6.45, 7) is 7.94. The summed E-state index contributed by atoms with van der Waals surface area (Å²) in [6.07, 6.45) is 0. The van der Waals surface area contributed by atoms with Crippen LogP contribution in [0.5, 0.6) is 0 Å². The van der Waals surface area contributed by atoms with E-state index in [1.165, 1.54) is 7.11 Å². The number of hydrogen-bond acceptors (Lipinski definition) is 3. The Morgan fingerprint density at radius 1 is 1.25 bits per heavy atom. The molecule has 0 aromatic rings. The van der Waals surface area contributed by atoms with Crippen molar-refractivity contribution in [2.75, 3.05) is 40.0 Å². The Bertz CT molecular complexity index is 298. The topological polar surface area (TPSA) is 49.9 Å². The van der Waals surface area contributed by atoms with Gasteiger partial charge in [-0.25, -0.2) is 4.67 Å². The van der Waals surface area contributed by atoms with Gasteiger partial charge in [-0.2, -0.15) is 0 Å². The number of rotatable bonds is 3. The Hall–Kier alpha value is -0.380. The van der Waals surface area contributed by atoms with Crippen LogP contribution in [0, 0.1) is 5.92 Å². The van der Waals surface area contributed by atoms with Gasteiger partial charge in [0.05, 0.1) is 0 Å². The molecule has 5 nitrogen and oxygen atoms in total. The van der Waals surface area contributed by atoms with E-state index in [9.17, 15) is 9.36 Å². The minimum Gasteiger partial charge on any atom is -0.340 e.